The number of halogens is 1. The van der Waals surface area contributed by atoms with Crippen LogP contribution in [0.3, 0.4) is 0 Å². The van der Waals surface area contributed by atoms with Crippen LogP contribution in [-0.4, -0.2) is 67.8 Å². The lowest BCUT2D eigenvalue weighted by Gasteiger charge is -2.53. The molecule has 0 N–H and O–H groups in total. The molecule has 3 rings (SSSR count). The van der Waals surface area contributed by atoms with Gasteiger partial charge in [0.2, 0.25) is 5.91 Å². The Kier molecular flexibility index (Phi) is 5.45. The van der Waals surface area contributed by atoms with Crippen molar-refractivity contribution in [2.75, 3.05) is 40.4 Å². The zero-order valence-corrected chi connectivity index (χ0v) is 15.1. The van der Waals surface area contributed by atoms with Crippen molar-refractivity contribution in [2.24, 2.45) is 0 Å². The van der Waals surface area contributed by atoms with Crippen LogP contribution in [0.1, 0.15) is 18.4 Å². The van der Waals surface area contributed by atoms with Crippen molar-refractivity contribution in [2.45, 2.75) is 31.1 Å². The number of carbonyl (C=O) groups is 1. The number of benzene rings is 1. The SMILES string of the molecule is CN(C)C(=O)CO[C@H]1CCOC2(C1)CN(Cc1ccc(Cl)cc1)C2. The summed E-state index contributed by atoms with van der Waals surface area (Å²) >= 11 is 5.93. The average Bonchev–Trinajstić information content (AvgIpc) is 2.53. The van der Waals surface area contributed by atoms with E-state index in [1.165, 1.54) is 5.56 Å². The summed E-state index contributed by atoms with van der Waals surface area (Å²) in [4.78, 5) is 15.6. The first-order chi connectivity index (χ1) is 11.5. The van der Waals surface area contributed by atoms with Crippen molar-refractivity contribution in [3.05, 3.63) is 34.9 Å². The van der Waals surface area contributed by atoms with Crippen molar-refractivity contribution in [1.82, 2.24) is 9.80 Å². The first kappa shape index (κ1) is 17.7. The van der Waals surface area contributed by atoms with Crippen molar-refractivity contribution in [3.8, 4) is 0 Å². The summed E-state index contributed by atoms with van der Waals surface area (Å²) in [5, 5.41) is 0.765. The predicted molar refractivity (Wildman–Crippen MR) is 93.1 cm³/mol. The van der Waals surface area contributed by atoms with E-state index in [-0.39, 0.29) is 24.2 Å². The standard InChI is InChI=1S/C18H25ClN2O3/c1-20(2)17(22)11-23-16-7-8-24-18(9-16)12-21(13-18)10-14-3-5-15(19)6-4-14/h3-6,16H,7-13H2,1-2H3/t16-/m0/s1. The summed E-state index contributed by atoms with van der Waals surface area (Å²) in [6.45, 7) is 3.60. The van der Waals surface area contributed by atoms with Gasteiger partial charge in [-0.25, -0.2) is 0 Å². The van der Waals surface area contributed by atoms with Gasteiger partial charge in [-0.15, -0.1) is 0 Å². The topological polar surface area (TPSA) is 42.0 Å². The van der Waals surface area contributed by atoms with Crippen LogP contribution in [0.2, 0.25) is 5.02 Å². The summed E-state index contributed by atoms with van der Waals surface area (Å²) < 4.78 is 11.8. The molecule has 2 fully saturated rings. The van der Waals surface area contributed by atoms with Crippen LogP contribution < -0.4 is 0 Å². The Hall–Kier alpha value is -1.14. The quantitative estimate of drug-likeness (QED) is 0.814. The van der Waals surface area contributed by atoms with Gasteiger partial charge in [0.1, 0.15) is 6.61 Å². The van der Waals surface area contributed by atoms with Crippen LogP contribution >= 0.6 is 11.6 Å². The van der Waals surface area contributed by atoms with Gasteiger partial charge in [0.15, 0.2) is 0 Å². The Morgan fingerprint density at radius 1 is 1.38 bits per heavy atom. The molecule has 1 amide bonds. The zero-order valence-electron chi connectivity index (χ0n) is 14.3. The van der Waals surface area contributed by atoms with Gasteiger partial charge in [-0.2, -0.15) is 0 Å². The van der Waals surface area contributed by atoms with Gasteiger partial charge in [0.25, 0.3) is 0 Å². The second-order valence-electron chi connectivity index (χ2n) is 7.02. The molecule has 132 valence electrons. The molecule has 0 aliphatic carbocycles. The first-order valence-corrected chi connectivity index (χ1v) is 8.76. The number of ether oxygens (including phenoxy) is 2. The molecular formula is C18H25ClN2O3. The molecule has 0 saturated carbocycles. The summed E-state index contributed by atoms with van der Waals surface area (Å²) in [7, 11) is 3.50. The monoisotopic (exact) mass is 352 g/mol. The highest BCUT2D eigenvalue weighted by Crippen LogP contribution is 2.36. The molecular weight excluding hydrogens is 328 g/mol. The summed E-state index contributed by atoms with van der Waals surface area (Å²) in [6.07, 6.45) is 1.84. The number of hydrogen-bond acceptors (Lipinski definition) is 4. The number of nitrogens with zero attached hydrogens (tertiary/aromatic N) is 2. The average molecular weight is 353 g/mol. The maximum Gasteiger partial charge on any atom is 0.248 e. The van der Waals surface area contributed by atoms with Crippen molar-refractivity contribution >= 4 is 17.5 Å². The smallest absolute Gasteiger partial charge is 0.248 e. The highest BCUT2D eigenvalue weighted by atomic mass is 35.5. The molecule has 24 heavy (non-hydrogen) atoms. The highest BCUT2D eigenvalue weighted by molar-refractivity contribution is 6.30. The summed E-state index contributed by atoms with van der Waals surface area (Å²) in [5.74, 6) is 0.00789. The molecule has 2 heterocycles. The van der Waals surface area contributed by atoms with E-state index in [2.05, 4.69) is 17.0 Å². The normalized spacial score (nSPS) is 23.0. The summed E-state index contributed by atoms with van der Waals surface area (Å²) in [6, 6.07) is 7.98. The van der Waals surface area contributed by atoms with E-state index in [0.717, 1.165) is 37.5 Å². The first-order valence-electron chi connectivity index (χ1n) is 8.38. The molecule has 1 aromatic rings. The van der Waals surface area contributed by atoms with Gasteiger partial charge >= 0.3 is 0 Å². The maximum absolute atomic E-state index is 11.7. The number of rotatable bonds is 5. The molecule has 2 aliphatic rings. The van der Waals surface area contributed by atoms with Gasteiger partial charge in [-0.1, -0.05) is 23.7 Å². The number of likely N-dealkylation sites (tertiary alicyclic amines) is 1. The third kappa shape index (κ3) is 4.28. The van der Waals surface area contributed by atoms with Gasteiger partial charge in [0.05, 0.1) is 11.7 Å². The lowest BCUT2D eigenvalue weighted by atomic mass is 9.84. The van der Waals surface area contributed by atoms with E-state index in [4.69, 9.17) is 21.1 Å². The fourth-order valence-corrected chi connectivity index (χ4v) is 3.52. The second-order valence-corrected chi connectivity index (χ2v) is 7.45. The van der Waals surface area contributed by atoms with Gasteiger partial charge in [-0.05, 0) is 24.1 Å². The molecule has 5 nitrogen and oxygen atoms in total. The molecule has 1 aromatic carbocycles. The van der Waals surface area contributed by atoms with Gasteiger partial charge < -0.3 is 14.4 Å². The molecule has 0 aromatic heterocycles. The van der Waals surface area contributed by atoms with Crippen LogP contribution in [0.5, 0.6) is 0 Å². The van der Waals surface area contributed by atoms with E-state index in [1.807, 2.05) is 12.1 Å². The molecule has 1 spiro atoms. The largest absolute Gasteiger partial charge is 0.372 e. The maximum atomic E-state index is 11.7. The van der Waals surface area contributed by atoms with Crippen molar-refractivity contribution in [3.63, 3.8) is 0 Å². The minimum absolute atomic E-state index is 0.00789. The van der Waals surface area contributed by atoms with E-state index in [0.29, 0.717) is 6.61 Å². The number of likely N-dealkylation sites (N-methyl/N-ethyl adjacent to an activating group) is 1. The molecule has 0 bridgehead atoms. The number of carbonyl (C=O) groups excluding carboxylic acids is 1. The minimum Gasteiger partial charge on any atom is -0.372 e. The van der Waals surface area contributed by atoms with Crippen molar-refractivity contribution in [1.29, 1.82) is 0 Å². The molecule has 1 atom stereocenters. The predicted octanol–water partition coefficient (Wildman–Crippen LogP) is 2.18. The molecule has 0 radical (unpaired) electrons. The Morgan fingerprint density at radius 2 is 2.08 bits per heavy atom. The van der Waals surface area contributed by atoms with E-state index in [9.17, 15) is 4.79 Å². The van der Waals surface area contributed by atoms with E-state index >= 15 is 0 Å². The molecule has 2 saturated heterocycles. The Bertz CT molecular complexity index is 570. The lowest BCUT2D eigenvalue weighted by molar-refractivity contribution is -0.200. The third-order valence-electron chi connectivity index (χ3n) is 4.73. The molecule has 6 heteroatoms. The van der Waals surface area contributed by atoms with E-state index < -0.39 is 0 Å². The zero-order chi connectivity index (χ0) is 17.2. The van der Waals surface area contributed by atoms with Crippen LogP contribution in [0.15, 0.2) is 24.3 Å². The fraction of sp³-hybridized carbons (Fsp3) is 0.611. The second kappa shape index (κ2) is 7.40. The van der Waals surface area contributed by atoms with Crippen LogP contribution in [0, 0.1) is 0 Å². The van der Waals surface area contributed by atoms with Gasteiger partial charge in [0, 0.05) is 51.8 Å². The Labute approximate surface area is 148 Å². The highest BCUT2D eigenvalue weighted by Gasteiger charge is 2.47. The number of amides is 1. The fourth-order valence-electron chi connectivity index (χ4n) is 3.39. The van der Waals surface area contributed by atoms with Crippen LogP contribution in [0.25, 0.3) is 0 Å². The lowest BCUT2D eigenvalue weighted by Crippen LogP contribution is -2.65. The Morgan fingerprint density at radius 3 is 2.75 bits per heavy atom. The minimum atomic E-state index is -0.101. The number of hydrogen-bond donors (Lipinski definition) is 0. The van der Waals surface area contributed by atoms with Crippen LogP contribution in [-0.2, 0) is 20.8 Å². The van der Waals surface area contributed by atoms with Crippen molar-refractivity contribution < 1.29 is 14.3 Å². The van der Waals surface area contributed by atoms with Crippen LogP contribution in [0.4, 0.5) is 0 Å². The third-order valence-corrected chi connectivity index (χ3v) is 4.98. The summed E-state index contributed by atoms with van der Waals surface area (Å²) in [5.41, 5.74) is 1.16. The Balaban J connectivity index is 1.46. The molecule has 0 unspecified atom stereocenters. The van der Waals surface area contributed by atoms with Gasteiger partial charge in [-0.3, -0.25) is 9.69 Å². The van der Waals surface area contributed by atoms with E-state index in [1.54, 1.807) is 19.0 Å². The molecule has 2 aliphatic heterocycles.